The summed E-state index contributed by atoms with van der Waals surface area (Å²) in [4.78, 5) is 20.0. The van der Waals surface area contributed by atoms with Gasteiger partial charge in [0.15, 0.2) is 4.80 Å². The number of halogens is 3. The van der Waals surface area contributed by atoms with Gasteiger partial charge in [-0.05, 0) is 116 Å². The van der Waals surface area contributed by atoms with E-state index >= 15 is 0 Å². The maximum atomic E-state index is 14.1. The summed E-state index contributed by atoms with van der Waals surface area (Å²) in [6.45, 7) is 0.509. The number of nitrogens with zero attached hydrogens (tertiary/aromatic N) is 2. The third kappa shape index (κ3) is 5.35. The zero-order valence-electron chi connectivity index (χ0n) is 22.2. The molecule has 0 spiro atoms. The molecule has 0 saturated heterocycles. The number of benzene rings is 4. The molecule has 5 aromatic rings. The van der Waals surface area contributed by atoms with Gasteiger partial charge in [0.25, 0.3) is 5.56 Å². The van der Waals surface area contributed by atoms with Crippen molar-refractivity contribution in [2.45, 2.75) is 25.5 Å². The number of allylic oxidation sites excluding steroid dienone is 1. The van der Waals surface area contributed by atoms with Crippen molar-refractivity contribution < 1.29 is 4.74 Å². The molecule has 0 amide bonds. The summed E-state index contributed by atoms with van der Waals surface area (Å²) in [6.07, 6.45) is 3.81. The number of aromatic nitrogens is 1. The van der Waals surface area contributed by atoms with Gasteiger partial charge in [0, 0.05) is 10.0 Å². The lowest BCUT2D eigenvalue weighted by atomic mass is 9.83. The second-order valence-corrected chi connectivity index (χ2v) is 14.5. The Bertz CT molecular complexity index is 2030. The van der Waals surface area contributed by atoms with Crippen LogP contribution in [0.4, 0.5) is 0 Å². The molecule has 1 aliphatic carbocycles. The van der Waals surface area contributed by atoms with Gasteiger partial charge in [0.2, 0.25) is 0 Å². The van der Waals surface area contributed by atoms with Crippen molar-refractivity contribution in [2.24, 2.45) is 4.99 Å². The molecule has 1 atom stereocenters. The zero-order chi connectivity index (χ0) is 28.8. The third-order valence-electron chi connectivity index (χ3n) is 7.60. The van der Waals surface area contributed by atoms with Crippen molar-refractivity contribution in [2.75, 3.05) is 0 Å². The van der Waals surface area contributed by atoms with Crippen molar-refractivity contribution in [3.8, 4) is 5.75 Å². The SMILES string of the molecule is O=c1/c(=C/c2cc(I)c(OCc3ccccc3)c(I)c2)sc2n1[C@@H](c1ccc(Br)cc1)C1=C(N=2)c2ccccc2CC1. The van der Waals surface area contributed by atoms with Gasteiger partial charge in [-0.15, -0.1) is 0 Å². The van der Waals surface area contributed by atoms with E-state index in [9.17, 15) is 4.79 Å². The number of rotatable bonds is 5. The average molecular weight is 857 g/mol. The lowest BCUT2D eigenvalue weighted by Crippen LogP contribution is -2.38. The van der Waals surface area contributed by atoms with Crippen LogP contribution in [0.25, 0.3) is 11.8 Å². The Kier molecular flexibility index (Phi) is 7.97. The Hall–Kier alpha value is -2.54. The highest BCUT2D eigenvalue weighted by atomic mass is 127. The fraction of sp³-hybridized carbons (Fsp3) is 0.118. The van der Waals surface area contributed by atoms with Gasteiger partial charge in [-0.1, -0.05) is 94.0 Å². The van der Waals surface area contributed by atoms with Gasteiger partial charge in [-0.25, -0.2) is 4.99 Å². The lowest BCUT2D eigenvalue weighted by molar-refractivity contribution is 0.302. The molecule has 0 fully saturated rings. The Morgan fingerprint density at radius 2 is 1.67 bits per heavy atom. The van der Waals surface area contributed by atoms with E-state index in [1.807, 2.05) is 41.0 Å². The van der Waals surface area contributed by atoms with Crippen LogP contribution in [0.1, 0.15) is 40.3 Å². The molecule has 0 unspecified atom stereocenters. The monoisotopic (exact) mass is 856 g/mol. The summed E-state index contributed by atoms with van der Waals surface area (Å²) < 4.78 is 11.8. The van der Waals surface area contributed by atoms with Crippen LogP contribution >= 0.6 is 72.4 Å². The molecule has 1 aliphatic heterocycles. The summed E-state index contributed by atoms with van der Waals surface area (Å²) in [5, 5.41) is 0. The second-order valence-electron chi connectivity index (χ2n) is 10.3. The standard InChI is InChI=1S/C34H23BrI2N2O2S/c35-24-13-10-23(11-14-24)31-26-15-12-22-8-4-5-9-25(22)30(26)38-34-39(31)33(40)29(42-34)18-21-16-27(36)32(28(37)17-21)41-19-20-6-2-1-3-7-20/h1-11,13-14,16-18,31H,12,15,19H2/b29-18-/t31-/m0/s1. The highest BCUT2D eigenvalue weighted by Gasteiger charge is 2.32. The Morgan fingerprint density at radius 1 is 0.952 bits per heavy atom. The van der Waals surface area contributed by atoms with E-state index in [0.717, 1.165) is 57.4 Å². The molecular weight excluding hydrogens is 834 g/mol. The minimum atomic E-state index is -0.186. The molecule has 7 rings (SSSR count). The number of hydrogen-bond acceptors (Lipinski definition) is 4. The Labute approximate surface area is 282 Å². The molecule has 2 heterocycles. The minimum Gasteiger partial charge on any atom is -0.487 e. The zero-order valence-corrected chi connectivity index (χ0v) is 28.9. The average Bonchev–Trinajstić information content (AvgIpc) is 3.30. The van der Waals surface area contributed by atoms with Crippen molar-refractivity contribution >= 4 is 84.2 Å². The largest absolute Gasteiger partial charge is 0.487 e. The predicted octanol–water partition coefficient (Wildman–Crippen LogP) is 7.87. The van der Waals surface area contributed by atoms with Crippen LogP contribution in [0.5, 0.6) is 5.75 Å². The first-order valence-electron chi connectivity index (χ1n) is 13.5. The molecule has 1 aromatic heterocycles. The van der Waals surface area contributed by atoms with Crippen molar-refractivity contribution in [1.29, 1.82) is 0 Å². The first-order valence-corrected chi connectivity index (χ1v) is 17.3. The summed E-state index contributed by atoms with van der Waals surface area (Å²) in [6, 6.07) is 31.0. The van der Waals surface area contributed by atoms with Gasteiger partial charge in [-0.3, -0.25) is 9.36 Å². The van der Waals surface area contributed by atoms with Crippen molar-refractivity contribution in [3.63, 3.8) is 0 Å². The fourth-order valence-electron chi connectivity index (χ4n) is 5.65. The van der Waals surface area contributed by atoms with Gasteiger partial charge in [-0.2, -0.15) is 0 Å². The van der Waals surface area contributed by atoms with Crippen LogP contribution in [0.15, 0.2) is 111 Å². The lowest BCUT2D eigenvalue weighted by Gasteiger charge is -2.30. The summed E-state index contributed by atoms with van der Waals surface area (Å²) >= 11 is 9.67. The van der Waals surface area contributed by atoms with Gasteiger partial charge >= 0.3 is 0 Å². The number of aryl methyl sites for hydroxylation is 1. The summed E-state index contributed by atoms with van der Waals surface area (Å²) in [5.74, 6) is 0.861. The molecule has 42 heavy (non-hydrogen) atoms. The van der Waals surface area contributed by atoms with E-state index in [-0.39, 0.29) is 11.6 Å². The molecular formula is C34H23BrI2N2O2S. The van der Waals surface area contributed by atoms with E-state index in [4.69, 9.17) is 9.73 Å². The molecule has 8 heteroatoms. The van der Waals surface area contributed by atoms with E-state index < -0.39 is 0 Å². The maximum Gasteiger partial charge on any atom is 0.271 e. The van der Waals surface area contributed by atoms with Crippen LogP contribution < -0.4 is 19.6 Å². The van der Waals surface area contributed by atoms with Gasteiger partial charge in [0.1, 0.15) is 12.4 Å². The third-order valence-corrected chi connectivity index (χ3v) is 10.7. The first-order chi connectivity index (χ1) is 20.5. The number of fused-ring (bicyclic) bond motifs is 3. The van der Waals surface area contributed by atoms with E-state index in [1.54, 1.807) is 0 Å². The minimum absolute atomic E-state index is 0.00787. The maximum absolute atomic E-state index is 14.1. The van der Waals surface area contributed by atoms with Crippen LogP contribution in [-0.2, 0) is 13.0 Å². The summed E-state index contributed by atoms with van der Waals surface area (Å²) in [7, 11) is 0. The molecule has 0 bridgehead atoms. The van der Waals surface area contributed by atoms with E-state index in [2.05, 4.69) is 122 Å². The Balaban J connectivity index is 1.33. The van der Waals surface area contributed by atoms with Crippen LogP contribution in [0.3, 0.4) is 0 Å². The molecule has 0 saturated carbocycles. The molecule has 4 nitrogen and oxygen atoms in total. The van der Waals surface area contributed by atoms with Crippen molar-refractivity contribution in [3.05, 3.63) is 156 Å². The van der Waals surface area contributed by atoms with E-state index in [0.29, 0.717) is 11.1 Å². The predicted molar refractivity (Wildman–Crippen MR) is 190 cm³/mol. The summed E-state index contributed by atoms with van der Waals surface area (Å²) in [5.41, 5.74) is 7.89. The fourth-order valence-corrected chi connectivity index (χ4v) is 9.04. The van der Waals surface area contributed by atoms with Gasteiger partial charge < -0.3 is 4.74 Å². The van der Waals surface area contributed by atoms with Gasteiger partial charge in [0.05, 0.1) is 23.4 Å². The molecule has 0 radical (unpaired) electrons. The number of ether oxygens (including phenoxy) is 1. The Morgan fingerprint density at radius 3 is 2.43 bits per heavy atom. The smallest absolute Gasteiger partial charge is 0.271 e. The quantitative estimate of drug-likeness (QED) is 0.169. The van der Waals surface area contributed by atoms with Crippen molar-refractivity contribution in [1.82, 2.24) is 4.57 Å². The molecule has 2 aliphatic rings. The van der Waals surface area contributed by atoms with Crippen LogP contribution in [-0.4, -0.2) is 4.57 Å². The molecule has 4 aromatic carbocycles. The molecule has 0 N–H and O–H groups in total. The van der Waals surface area contributed by atoms with E-state index in [1.165, 1.54) is 28.0 Å². The highest BCUT2D eigenvalue weighted by molar-refractivity contribution is 14.1. The number of hydrogen-bond donors (Lipinski definition) is 0. The topological polar surface area (TPSA) is 43.6 Å². The normalized spacial score (nSPS) is 16.0. The first kappa shape index (κ1) is 28.2. The van der Waals surface area contributed by atoms with Crippen LogP contribution in [0.2, 0.25) is 0 Å². The number of thiazole rings is 1. The second kappa shape index (κ2) is 11.9. The van der Waals surface area contributed by atoms with Crippen LogP contribution in [0, 0.1) is 7.14 Å². The highest BCUT2D eigenvalue weighted by Crippen LogP contribution is 2.41. The molecule has 208 valence electrons.